The molecule has 0 spiro atoms. The zero-order chi connectivity index (χ0) is 12.8. The fourth-order valence-corrected chi connectivity index (χ4v) is 3.04. The van der Waals surface area contributed by atoms with Gasteiger partial charge in [-0.05, 0) is 62.0 Å². The van der Waals surface area contributed by atoms with Gasteiger partial charge in [0.15, 0.2) is 0 Å². The number of allylic oxidation sites excluding steroid dienone is 2. The summed E-state index contributed by atoms with van der Waals surface area (Å²) in [6, 6.07) is 9.11. The molecular weight excluding hydrogens is 216 g/mol. The molecule has 0 bridgehead atoms. The molecular formula is C18H24. The molecule has 1 aromatic rings. The topological polar surface area (TPSA) is 0 Å². The van der Waals surface area contributed by atoms with Crippen molar-refractivity contribution >= 4 is 6.08 Å². The lowest BCUT2D eigenvalue weighted by molar-refractivity contribution is 0.328. The zero-order valence-electron chi connectivity index (χ0n) is 11.4. The molecule has 0 saturated heterocycles. The van der Waals surface area contributed by atoms with E-state index >= 15 is 0 Å². The number of rotatable bonds is 4. The Morgan fingerprint density at radius 2 is 1.78 bits per heavy atom. The Hall–Kier alpha value is -1.30. The van der Waals surface area contributed by atoms with Crippen LogP contribution in [-0.4, -0.2) is 0 Å². The molecule has 1 fully saturated rings. The first-order chi connectivity index (χ1) is 8.83. The van der Waals surface area contributed by atoms with Gasteiger partial charge in [-0.2, -0.15) is 0 Å². The minimum absolute atomic E-state index is 0.783. The van der Waals surface area contributed by atoms with Crippen LogP contribution in [-0.2, 0) is 0 Å². The predicted molar refractivity (Wildman–Crippen MR) is 80.7 cm³/mol. The van der Waals surface area contributed by atoms with E-state index in [1.807, 2.05) is 0 Å². The molecule has 0 nitrogen and oxygen atoms in total. The average molecular weight is 240 g/mol. The molecule has 0 heteroatoms. The van der Waals surface area contributed by atoms with E-state index in [0.29, 0.717) is 0 Å². The third-order valence-electron chi connectivity index (χ3n) is 4.11. The Labute approximate surface area is 111 Å². The summed E-state index contributed by atoms with van der Waals surface area (Å²) >= 11 is 0. The van der Waals surface area contributed by atoms with Crippen molar-refractivity contribution in [2.24, 2.45) is 5.92 Å². The maximum absolute atomic E-state index is 3.85. The van der Waals surface area contributed by atoms with Crippen LogP contribution in [0.15, 0.2) is 43.0 Å². The van der Waals surface area contributed by atoms with E-state index in [0.717, 1.165) is 11.8 Å². The Kier molecular flexibility index (Phi) is 4.81. The summed E-state index contributed by atoms with van der Waals surface area (Å²) in [5, 5.41) is 0. The van der Waals surface area contributed by atoms with Gasteiger partial charge in [-0.1, -0.05) is 42.5 Å². The molecule has 0 N–H and O–H groups in total. The normalized spacial score (nSPS) is 24.3. The van der Waals surface area contributed by atoms with Crippen molar-refractivity contribution in [3.63, 3.8) is 0 Å². The number of benzene rings is 1. The lowest BCUT2D eigenvalue weighted by Gasteiger charge is -2.28. The van der Waals surface area contributed by atoms with Gasteiger partial charge in [-0.3, -0.25) is 0 Å². The summed E-state index contributed by atoms with van der Waals surface area (Å²) < 4.78 is 0. The molecule has 0 aliphatic heterocycles. The molecule has 1 aliphatic carbocycles. The monoisotopic (exact) mass is 240 g/mol. The highest BCUT2D eigenvalue weighted by Gasteiger charge is 2.21. The van der Waals surface area contributed by atoms with Crippen molar-refractivity contribution < 1.29 is 0 Å². The predicted octanol–water partition coefficient (Wildman–Crippen LogP) is 5.57. The zero-order valence-corrected chi connectivity index (χ0v) is 11.4. The summed E-state index contributed by atoms with van der Waals surface area (Å²) in [5.74, 6) is 1.67. The lowest BCUT2D eigenvalue weighted by atomic mass is 9.77. The average Bonchev–Trinajstić information content (AvgIpc) is 2.41. The Morgan fingerprint density at radius 1 is 1.11 bits per heavy atom. The van der Waals surface area contributed by atoms with Crippen LogP contribution in [0.2, 0.25) is 0 Å². The Balaban J connectivity index is 1.94. The van der Waals surface area contributed by atoms with Gasteiger partial charge in [0, 0.05) is 0 Å². The van der Waals surface area contributed by atoms with Crippen molar-refractivity contribution in [3.05, 3.63) is 54.1 Å². The van der Waals surface area contributed by atoms with Crippen LogP contribution < -0.4 is 0 Å². The van der Waals surface area contributed by atoms with Crippen LogP contribution in [0, 0.1) is 5.92 Å². The Bertz CT molecular complexity index is 389. The molecule has 1 aromatic carbocycles. The second kappa shape index (κ2) is 6.58. The highest BCUT2D eigenvalue weighted by molar-refractivity contribution is 5.49. The summed E-state index contributed by atoms with van der Waals surface area (Å²) in [6.07, 6.45) is 13.0. The summed E-state index contributed by atoms with van der Waals surface area (Å²) in [6.45, 7) is 5.92. The van der Waals surface area contributed by atoms with Crippen LogP contribution in [0.25, 0.3) is 6.08 Å². The molecule has 0 heterocycles. The van der Waals surface area contributed by atoms with E-state index in [4.69, 9.17) is 0 Å². The number of hydrogen-bond acceptors (Lipinski definition) is 0. The molecule has 0 atom stereocenters. The first kappa shape index (κ1) is 13.1. The Morgan fingerprint density at radius 3 is 2.33 bits per heavy atom. The smallest absolute Gasteiger partial charge is 0.0162 e. The van der Waals surface area contributed by atoms with E-state index in [9.17, 15) is 0 Å². The van der Waals surface area contributed by atoms with Gasteiger partial charge in [0.1, 0.15) is 0 Å². The van der Waals surface area contributed by atoms with E-state index < -0.39 is 0 Å². The third-order valence-corrected chi connectivity index (χ3v) is 4.11. The van der Waals surface area contributed by atoms with Crippen LogP contribution in [0.5, 0.6) is 0 Å². The van der Waals surface area contributed by atoms with Crippen molar-refractivity contribution in [1.29, 1.82) is 0 Å². The molecule has 18 heavy (non-hydrogen) atoms. The SMILES string of the molecule is C=CCC1CCC(c2ccc(C=CC)cc2)CC1. The molecule has 0 radical (unpaired) electrons. The van der Waals surface area contributed by atoms with Gasteiger partial charge in [0.2, 0.25) is 0 Å². The second-order valence-corrected chi connectivity index (χ2v) is 5.41. The summed E-state index contributed by atoms with van der Waals surface area (Å²) in [4.78, 5) is 0. The third kappa shape index (κ3) is 3.35. The van der Waals surface area contributed by atoms with Gasteiger partial charge >= 0.3 is 0 Å². The van der Waals surface area contributed by atoms with E-state index in [1.165, 1.54) is 43.2 Å². The van der Waals surface area contributed by atoms with Crippen molar-refractivity contribution in [2.45, 2.75) is 44.9 Å². The maximum atomic E-state index is 3.85. The van der Waals surface area contributed by atoms with Gasteiger partial charge in [-0.25, -0.2) is 0 Å². The van der Waals surface area contributed by atoms with Gasteiger partial charge in [0.05, 0.1) is 0 Å². The van der Waals surface area contributed by atoms with Gasteiger partial charge in [0.25, 0.3) is 0 Å². The molecule has 0 aromatic heterocycles. The first-order valence-electron chi connectivity index (χ1n) is 7.17. The largest absolute Gasteiger partial charge is 0.103 e. The van der Waals surface area contributed by atoms with E-state index in [1.54, 1.807) is 0 Å². The quantitative estimate of drug-likeness (QED) is 0.603. The summed E-state index contributed by atoms with van der Waals surface area (Å²) in [5.41, 5.74) is 2.84. The van der Waals surface area contributed by atoms with Gasteiger partial charge in [-0.15, -0.1) is 6.58 Å². The van der Waals surface area contributed by atoms with Crippen molar-refractivity contribution in [3.8, 4) is 0 Å². The van der Waals surface area contributed by atoms with E-state index in [2.05, 4.69) is 56.0 Å². The first-order valence-corrected chi connectivity index (χ1v) is 7.17. The molecule has 1 saturated carbocycles. The highest BCUT2D eigenvalue weighted by Crippen LogP contribution is 2.37. The summed E-state index contributed by atoms with van der Waals surface area (Å²) in [7, 11) is 0. The fraction of sp³-hybridized carbons (Fsp3) is 0.444. The van der Waals surface area contributed by atoms with E-state index in [-0.39, 0.29) is 0 Å². The molecule has 2 rings (SSSR count). The standard InChI is InChI=1S/C18H24/c1-3-5-15-7-11-17(12-8-15)18-13-9-16(6-4-2)10-14-18/h3-4,6,9-10,13-15,17H,1,5,7-8,11-12H2,2H3. The van der Waals surface area contributed by atoms with Crippen LogP contribution in [0.4, 0.5) is 0 Å². The molecule has 96 valence electrons. The van der Waals surface area contributed by atoms with Crippen molar-refractivity contribution in [2.75, 3.05) is 0 Å². The molecule has 0 amide bonds. The van der Waals surface area contributed by atoms with Crippen LogP contribution in [0.3, 0.4) is 0 Å². The molecule has 0 unspecified atom stereocenters. The minimum Gasteiger partial charge on any atom is -0.103 e. The maximum Gasteiger partial charge on any atom is -0.0162 e. The number of hydrogen-bond donors (Lipinski definition) is 0. The van der Waals surface area contributed by atoms with Gasteiger partial charge < -0.3 is 0 Å². The second-order valence-electron chi connectivity index (χ2n) is 5.41. The van der Waals surface area contributed by atoms with Crippen molar-refractivity contribution in [1.82, 2.24) is 0 Å². The highest BCUT2D eigenvalue weighted by atomic mass is 14.3. The lowest BCUT2D eigenvalue weighted by Crippen LogP contribution is -2.12. The van der Waals surface area contributed by atoms with Crippen LogP contribution in [0.1, 0.15) is 56.1 Å². The van der Waals surface area contributed by atoms with Crippen LogP contribution >= 0.6 is 0 Å². The molecule has 1 aliphatic rings. The minimum atomic E-state index is 0.783. The fourth-order valence-electron chi connectivity index (χ4n) is 3.04.